The van der Waals surface area contributed by atoms with Gasteiger partial charge in [-0.1, -0.05) is 91.7 Å². The Bertz CT molecular complexity index is 2000. The first-order valence-electron chi connectivity index (χ1n) is 19.0. The number of rotatable bonds is 18. The molecular weight excluding hydrogens is 682 g/mol. The number of aliphatic hydroxyl groups is 2. The molecule has 2 heterocycles. The molecule has 0 radical (unpaired) electrons. The molecule has 4 aromatic carbocycles. The Morgan fingerprint density at radius 2 is 1.59 bits per heavy atom. The summed E-state index contributed by atoms with van der Waals surface area (Å²) in [5.41, 5.74) is 0.796. The Kier molecular flexibility index (Phi) is 13.5. The minimum atomic E-state index is -1.98. The lowest BCUT2D eigenvalue weighted by Crippen LogP contribution is -2.40. The molecule has 1 aliphatic rings. The number of hydrogen-bond donors (Lipinski definition) is 5. The minimum absolute atomic E-state index is 0.0334. The quantitative estimate of drug-likeness (QED) is 0.0526. The van der Waals surface area contributed by atoms with Crippen LogP contribution in [0.1, 0.15) is 66.9 Å². The molecular formula is C44H51N3O7. The molecule has 5 aromatic rings. The molecule has 0 aliphatic carbocycles. The Morgan fingerprint density at radius 3 is 2.37 bits per heavy atom. The van der Waals surface area contributed by atoms with Gasteiger partial charge >= 0.3 is 5.97 Å². The fourth-order valence-corrected chi connectivity index (χ4v) is 7.14. The van der Waals surface area contributed by atoms with Gasteiger partial charge in [-0.2, -0.15) is 0 Å². The molecule has 0 spiro atoms. The van der Waals surface area contributed by atoms with Gasteiger partial charge in [-0.3, -0.25) is 9.69 Å². The van der Waals surface area contributed by atoms with Crippen molar-refractivity contribution in [2.24, 2.45) is 5.92 Å². The maximum Gasteiger partial charge on any atom is 0.347 e. The number of benzene rings is 4. The summed E-state index contributed by atoms with van der Waals surface area (Å²) in [7, 11) is 0. The van der Waals surface area contributed by atoms with E-state index in [0.29, 0.717) is 46.5 Å². The summed E-state index contributed by atoms with van der Waals surface area (Å²) < 4.78 is 11.9. The van der Waals surface area contributed by atoms with Crippen LogP contribution in [0.15, 0.2) is 114 Å². The molecule has 54 heavy (non-hydrogen) atoms. The van der Waals surface area contributed by atoms with Gasteiger partial charge in [0, 0.05) is 30.1 Å². The van der Waals surface area contributed by atoms with Gasteiger partial charge < -0.3 is 35.1 Å². The van der Waals surface area contributed by atoms with Crippen molar-refractivity contribution in [3.05, 3.63) is 142 Å². The third-order valence-electron chi connectivity index (χ3n) is 10.3. The van der Waals surface area contributed by atoms with Gasteiger partial charge in [0.15, 0.2) is 0 Å². The summed E-state index contributed by atoms with van der Waals surface area (Å²) in [6.45, 7) is 4.61. The second-order valence-corrected chi connectivity index (χ2v) is 14.2. The van der Waals surface area contributed by atoms with Crippen LogP contribution in [-0.2, 0) is 21.7 Å². The molecule has 1 fully saturated rings. The number of piperidine rings is 1. The Hall–Kier alpha value is -5.00. The van der Waals surface area contributed by atoms with Gasteiger partial charge in [-0.05, 0) is 92.2 Å². The lowest BCUT2D eigenvalue weighted by atomic mass is 9.86. The summed E-state index contributed by atoms with van der Waals surface area (Å²) in [6, 6.07) is 32.6. The minimum Gasteiger partial charge on any atom is -0.506 e. The van der Waals surface area contributed by atoms with E-state index in [1.807, 2.05) is 18.2 Å². The first-order chi connectivity index (χ1) is 26.3. The highest BCUT2D eigenvalue weighted by Crippen LogP contribution is 2.34. The molecule has 5 N–H and O–H groups in total. The van der Waals surface area contributed by atoms with Crippen LogP contribution in [0.4, 0.5) is 0 Å². The lowest BCUT2D eigenvalue weighted by molar-refractivity contribution is -0.164. The molecule has 10 nitrogen and oxygen atoms in total. The number of hydrogen-bond acceptors (Lipinski definition) is 9. The first kappa shape index (κ1) is 38.7. The van der Waals surface area contributed by atoms with Crippen LogP contribution in [-0.4, -0.2) is 70.6 Å². The number of likely N-dealkylation sites (tertiary alicyclic amines) is 1. The fraction of sp³-hybridized carbons (Fsp3) is 0.364. The van der Waals surface area contributed by atoms with E-state index < -0.39 is 17.7 Å². The van der Waals surface area contributed by atoms with Gasteiger partial charge in [0.05, 0.1) is 24.8 Å². The Morgan fingerprint density at radius 1 is 0.870 bits per heavy atom. The van der Waals surface area contributed by atoms with Gasteiger partial charge in [-0.15, -0.1) is 0 Å². The second-order valence-electron chi connectivity index (χ2n) is 14.2. The molecule has 0 unspecified atom stereocenters. The van der Waals surface area contributed by atoms with E-state index in [4.69, 9.17) is 9.47 Å². The summed E-state index contributed by atoms with van der Waals surface area (Å²) in [5, 5.41) is 36.8. The van der Waals surface area contributed by atoms with Crippen LogP contribution >= 0.6 is 0 Å². The monoisotopic (exact) mass is 733 g/mol. The van der Waals surface area contributed by atoms with Crippen molar-refractivity contribution in [1.82, 2.24) is 15.2 Å². The molecule has 6 rings (SSSR count). The topological polar surface area (TPSA) is 144 Å². The standard InChI is InChI=1S/C44H51N3O7/c48-39-20-18-37(38-19-21-41(50)46-42(38)39)40(49)29-45-24-9-1-2-10-27-53-36-17-11-16-35(28-36)44(52,34-14-7-4-8-15-34)43(51)54-31-33-22-25-47(26-23-33)30-32-12-5-3-6-13-32/h3-8,11-21,28,33,40,45,48-49,52H,1-2,9-10,22-27,29-31H2,(H,46,50)/t40-,44-/m0/s1. The second kappa shape index (κ2) is 18.9. The van der Waals surface area contributed by atoms with E-state index in [9.17, 15) is 24.9 Å². The number of phenolic OH excluding ortho intramolecular Hbond substituents is 1. The maximum atomic E-state index is 13.8. The number of carbonyl (C=O) groups is 1. The number of aliphatic hydroxyl groups excluding tert-OH is 1. The highest BCUT2D eigenvalue weighted by atomic mass is 16.5. The molecule has 1 aliphatic heterocycles. The van der Waals surface area contributed by atoms with Crippen molar-refractivity contribution < 1.29 is 29.6 Å². The van der Waals surface area contributed by atoms with Crippen molar-refractivity contribution in [1.29, 1.82) is 0 Å². The number of H-pyrrole nitrogens is 1. The predicted molar refractivity (Wildman–Crippen MR) is 209 cm³/mol. The van der Waals surface area contributed by atoms with Crippen molar-refractivity contribution in [3.63, 3.8) is 0 Å². The van der Waals surface area contributed by atoms with Gasteiger partial charge in [0.25, 0.3) is 0 Å². The van der Waals surface area contributed by atoms with Crippen molar-refractivity contribution in [3.8, 4) is 11.5 Å². The van der Waals surface area contributed by atoms with Crippen molar-refractivity contribution >= 4 is 16.9 Å². The van der Waals surface area contributed by atoms with Crippen LogP contribution in [0.2, 0.25) is 0 Å². The number of carbonyl (C=O) groups excluding carboxylic acids is 1. The fourth-order valence-electron chi connectivity index (χ4n) is 7.14. The normalized spacial score (nSPS) is 15.4. The average molecular weight is 734 g/mol. The maximum absolute atomic E-state index is 13.8. The average Bonchev–Trinajstić information content (AvgIpc) is 3.20. The van der Waals surface area contributed by atoms with E-state index >= 15 is 0 Å². The number of aromatic nitrogens is 1. The lowest BCUT2D eigenvalue weighted by Gasteiger charge is -2.33. The molecule has 0 bridgehead atoms. The number of fused-ring (bicyclic) bond motifs is 1. The zero-order chi connectivity index (χ0) is 37.8. The largest absolute Gasteiger partial charge is 0.506 e. The SMILES string of the molecule is O=C(OCC1CCN(Cc2ccccc2)CC1)[C@](O)(c1ccccc1)c1cccc(OCCCCCCNC[C@H](O)c2ccc(O)c3[nH]c(=O)ccc23)c1. The summed E-state index contributed by atoms with van der Waals surface area (Å²) in [5.74, 6) is 0.0839. The number of ether oxygens (including phenoxy) is 2. The first-order valence-corrected chi connectivity index (χ1v) is 19.0. The van der Waals surface area contributed by atoms with Gasteiger partial charge in [0.2, 0.25) is 11.2 Å². The molecule has 2 atom stereocenters. The van der Waals surface area contributed by atoms with Crippen LogP contribution < -0.4 is 15.6 Å². The van der Waals surface area contributed by atoms with Crippen LogP contribution in [0.5, 0.6) is 11.5 Å². The van der Waals surface area contributed by atoms with Gasteiger partial charge in [-0.25, -0.2) is 4.79 Å². The third kappa shape index (κ3) is 9.95. The van der Waals surface area contributed by atoms with E-state index in [-0.39, 0.29) is 23.8 Å². The molecule has 0 saturated carbocycles. The van der Waals surface area contributed by atoms with Crippen LogP contribution in [0.25, 0.3) is 10.9 Å². The van der Waals surface area contributed by atoms with E-state index in [1.165, 1.54) is 17.7 Å². The summed E-state index contributed by atoms with van der Waals surface area (Å²) >= 11 is 0. The highest BCUT2D eigenvalue weighted by Gasteiger charge is 2.42. The Balaban J connectivity index is 0.937. The van der Waals surface area contributed by atoms with E-state index in [0.717, 1.165) is 64.7 Å². The number of aromatic hydroxyl groups is 1. The predicted octanol–water partition coefficient (Wildman–Crippen LogP) is 6.19. The third-order valence-corrected chi connectivity index (χ3v) is 10.3. The van der Waals surface area contributed by atoms with Crippen molar-refractivity contribution in [2.75, 3.05) is 39.4 Å². The zero-order valence-corrected chi connectivity index (χ0v) is 30.7. The highest BCUT2D eigenvalue weighted by molar-refractivity contribution is 5.87. The molecule has 1 saturated heterocycles. The molecule has 10 heteroatoms. The molecule has 284 valence electrons. The number of nitrogens with one attached hydrogen (secondary N) is 2. The summed E-state index contributed by atoms with van der Waals surface area (Å²) in [4.78, 5) is 30.5. The van der Waals surface area contributed by atoms with Gasteiger partial charge in [0.1, 0.15) is 11.5 Å². The number of esters is 1. The smallest absolute Gasteiger partial charge is 0.347 e. The Labute approximate surface area is 316 Å². The van der Waals surface area contributed by atoms with E-state index in [1.54, 1.807) is 54.6 Å². The number of unbranched alkanes of at least 4 members (excludes halogenated alkanes) is 3. The molecule has 1 aromatic heterocycles. The van der Waals surface area contributed by atoms with Crippen molar-refractivity contribution in [2.45, 2.75) is 56.8 Å². The zero-order valence-electron chi connectivity index (χ0n) is 30.7. The van der Waals surface area contributed by atoms with E-state index in [2.05, 4.69) is 39.5 Å². The number of phenols is 1. The number of nitrogens with zero attached hydrogens (tertiary/aromatic N) is 1. The summed E-state index contributed by atoms with van der Waals surface area (Å²) in [6.07, 6.45) is 4.74. The molecule has 0 amide bonds. The number of pyridine rings is 1. The van der Waals surface area contributed by atoms with Crippen LogP contribution in [0, 0.1) is 5.92 Å². The van der Waals surface area contributed by atoms with Crippen LogP contribution in [0.3, 0.4) is 0 Å². The number of aromatic amines is 1.